The van der Waals surface area contributed by atoms with Gasteiger partial charge in [0.05, 0.1) is 5.69 Å². The largest absolute Gasteiger partial charge is 0.325 e. The van der Waals surface area contributed by atoms with E-state index in [1.165, 1.54) is 5.56 Å². The number of nitrogens with two attached hydrogens (primary N) is 1. The van der Waals surface area contributed by atoms with Gasteiger partial charge in [-0.3, -0.25) is 4.98 Å². The first-order valence-electron chi connectivity index (χ1n) is 5.59. The second-order valence-corrected chi connectivity index (χ2v) is 4.40. The molecule has 1 aromatic rings. The highest BCUT2D eigenvalue weighted by atomic mass is 15.1. The summed E-state index contributed by atoms with van der Waals surface area (Å²) < 4.78 is 0. The standard InChI is InChI=1S/C12H22N4/c1-15(2)6-7-16(3)10-11-4-5-14-12(8-11)9-13/h4-5,8H,6-7,9-10,13H2,1-3H3. The molecule has 0 aliphatic rings. The van der Waals surface area contributed by atoms with Crippen LogP contribution in [-0.4, -0.2) is 49.0 Å². The summed E-state index contributed by atoms with van der Waals surface area (Å²) in [7, 11) is 6.31. The molecule has 16 heavy (non-hydrogen) atoms. The molecule has 0 fully saturated rings. The minimum Gasteiger partial charge on any atom is -0.325 e. The lowest BCUT2D eigenvalue weighted by molar-refractivity contribution is 0.276. The van der Waals surface area contributed by atoms with Gasteiger partial charge in [-0.1, -0.05) is 0 Å². The minimum absolute atomic E-state index is 0.509. The third-order valence-electron chi connectivity index (χ3n) is 2.47. The third-order valence-corrected chi connectivity index (χ3v) is 2.47. The second-order valence-electron chi connectivity index (χ2n) is 4.40. The fourth-order valence-corrected chi connectivity index (χ4v) is 1.50. The molecule has 1 aromatic heterocycles. The van der Waals surface area contributed by atoms with Gasteiger partial charge in [0, 0.05) is 32.4 Å². The summed E-state index contributed by atoms with van der Waals surface area (Å²) in [5.41, 5.74) is 7.80. The predicted molar refractivity (Wildman–Crippen MR) is 67.0 cm³/mol. The van der Waals surface area contributed by atoms with Gasteiger partial charge in [0.15, 0.2) is 0 Å². The Kier molecular flexibility index (Phi) is 5.38. The molecule has 0 saturated heterocycles. The summed E-state index contributed by atoms with van der Waals surface area (Å²) in [4.78, 5) is 8.68. The number of rotatable bonds is 6. The minimum atomic E-state index is 0.509. The van der Waals surface area contributed by atoms with Crippen LogP contribution in [0.25, 0.3) is 0 Å². The van der Waals surface area contributed by atoms with Crippen LogP contribution >= 0.6 is 0 Å². The predicted octanol–water partition coefficient (Wildman–Crippen LogP) is 0.534. The molecule has 0 unspecified atom stereocenters. The highest BCUT2D eigenvalue weighted by molar-refractivity contribution is 5.16. The van der Waals surface area contributed by atoms with Crippen molar-refractivity contribution in [1.82, 2.24) is 14.8 Å². The fraction of sp³-hybridized carbons (Fsp3) is 0.583. The summed E-state index contributed by atoms with van der Waals surface area (Å²) in [6.45, 7) is 3.59. The Morgan fingerprint density at radius 3 is 2.62 bits per heavy atom. The fourth-order valence-electron chi connectivity index (χ4n) is 1.50. The molecule has 1 heterocycles. The van der Waals surface area contributed by atoms with E-state index in [1.807, 2.05) is 12.3 Å². The summed E-state index contributed by atoms with van der Waals surface area (Å²) in [6.07, 6.45) is 1.83. The van der Waals surface area contributed by atoms with Crippen molar-refractivity contribution in [1.29, 1.82) is 0 Å². The van der Waals surface area contributed by atoms with Crippen LogP contribution in [0.4, 0.5) is 0 Å². The van der Waals surface area contributed by atoms with E-state index in [2.05, 4.69) is 42.0 Å². The van der Waals surface area contributed by atoms with E-state index in [9.17, 15) is 0 Å². The summed E-state index contributed by atoms with van der Waals surface area (Å²) in [5.74, 6) is 0. The second kappa shape index (κ2) is 6.58. The lowest BCUT2D eigenvalue weighted by atomic mass is 10.2. The first-order valence-corrected chi connectivity index (χ1v) is 5.59. The van der Waals surface area contributed by atoms with Gasteiger partial charge < -0.3 is 15.5 Å². The van der Waals surface area contributed by atoms with E-state index in [4.69, 9.17) is 5.73 Å². The van der Waals surface area contributed by atoms with E-state index < -0.39 is 0 Å². The van der Waals surface area contributed by atoms with E-state index in [0.717, 1.165) is 25.3 Å². The monoisotopic (exact) mass is 222 g/mol. The van der Waals surface area contributed by atoms with Gasteiger partial charge in [-0.25, -0.2) is 0 Å². The molecule has 90 valence electrons. The third kappa shape index (κ3) is 4.70. The zero-order valence-electron chi connectivity index (χ0n) is 10.5. The molecule has 0 aliphatic carbocycles. The highest BCUT2D eigenvalue weighted by Gasteiger charge is 2.02. The average molecular weight is 222 g/mol. The normalized spacial score (nSPS) is 11.4. The van der Waals surface area contributed by atoms with Gasteiger partial charge in [-0.15, -0.1) is 0 Å². The molecular formula is C12H22N4. The van der Waals surface area contributed by atoms with Gasteiger partial charge in [0.2, 0.25) is 0 Å². The number of hydrogen-bond acceptors (Lipinski definition) is 4. The quantitative estimate of drug-likeness (QED) is 0.763. The van der Waals surface area contributed by atoms with Gasteiger partial charge in [-0.05, 0) is 38.8 Å². The molecule has 0 saturated carbocycles. The van der Waals surface area contributed by atoms with Crippen molar-refractivity contribution >= 4 is 0 Å². The molecule has 4 nitrogen and oxygen atoms in total. The summed E-state index contributed by atoms with van der Waals surface area (Å²) >= 11 is 0. The Morgan fingerprint density at radius 1 is 1.25 bits per heavy atom. The Morgan fingerprint density at radius 2 is 2.00 bits per heavy atom. The van der Waals surface area contributed by atoms with Crippen LogP contribution in [0.1, 0.15) is 11.3 Å². The molecule has 0 bridgehead atoms. The van der Waals surface area contributed by atoms with E-state index in [0.29, 0.717) is 6.54 Å². The van der Waals surface area contributed by atoms with Crippen molar-refractivity contribution in [2.45, 2.75) is 13.1 Å². The molecule has 0 spiro atoms. The lowest BCUT2D eigenvalue weighted by Gasteiger charge is -2.19. The van der Waals surface area contributed by atoms with Gasteiger partial charge in [-0.2, -0.15) is 0 Å². The van der Waals surface area contributed by atoms with Gasteiger partial charge >= 0.3 is 0 Å². The highest BCUT2D eigenvalue weighted by Crippen LogP contribution is 2.04. The summed E-state index contributed by atoms with van der Waals surface area (Å²) in [5, 5.41) is 0. The van der Waals surface area contributed by atoms with Gasteiger partial charge in [0.1, 0.15) is 0 Å². The molecule has 0 amide bonds. The summed E-state index contributed by atoms with van der Waals surface area (Å²) in [6, 6.07) is 4.12. The van der Waals surface area contributed by atoms with Crippen LogP contribution in [0.5, 0.6) is 0 Å². The van der Waals surface area contributed by atoms with Crippen LogP contribution in [0.15, 0.2) is 18.3 Å². The first-order chi connectivity index (χ1) is 7.61. The number of nitrogens with zero attached hydrogens (tertiary/aromatic N) is 3. The molecule has 0 aromatic carbocycles. The maximum atomic E-state index is 5.57. The van der Waals surface area contributed by atoms with Crippen LogP contribution in [0.2, 0.25) is 0 Å². The number of likely N-dealkylation sites (N-methyl/N-ethyl adjacent to an activating group) is 2. The average Bonchev–Trinajstić information content (AvgIpc) is 2.26. The maximum absolute atomic E-state index is 5.57. The Bertz CT molecular complexity index is 312. The van der Waals surface area contributed by atoms with Crippen LogP contribution in [0, 0.1) is 0 Å². The van der Waals surface area contributed by atoms with Crippen LogP contribution in [0.3, 0.4) is 0 Å². The van der Waals surface area contributed by atoms with Crippen molar-refractivity contribution in [2.75, 3.05) is 34.2 Å². The van der Waals surface area contributed by atoms with Crippen molar-refractivity contribution < 1.29 is 0 Å². The van der Waals surface area contributed by atoms with Crippen LogP contribution in [-0.2, 0) is 13.1 Å². The van der Waals surface area contributed by atoms with E-state index in [-0.39, 0.29) is 0 Å². The van der Waals surface area contributed by atoms with Crippen molar-refractivity contribution in [2.24, 2.45) is 5.73 Å². The Hall–Kier alpha value is -0.970. The zero-order chi connectivity index (χ0) is 12.0. The molecule has 4 heteroatoms. The molecule has 0 aliphatic heterocycles. The topological polar surface area (TPSA) is 45.4 Å². The Balaban J connectivity index is 2.45. The molecule has 0 atom stereocenters. The first kappa shape index (κ1) is 13.1. The molecule has 1 rings (SSSR count). The SMILES string of the molecule is CN(C)CCN(C)Cc1ccnc(CN)c1. The molecule has 0 radical (unpaired) electrons. The maximum Gasteiger partial charge on any atom is 0.0542 e. The van der Waals surface area contributed by atoms with Crippen molar-refractivity contribution in [3.05, 3.63) is 29.6 Å². The smallest absolute Gasteiger partial charge is 0.0542 e. The molecule has 2 N–H and O–H groups in total. The number of pyridine rings is 1. The van der Waals surface area contributed by atoms with Crippen molar-refractivity contribution in [3.63, 3.8) is 0 Å². The number of hydrogen-bond donors (Lipinski definition) is 1. The van der Waals surface area contributed by atoms with Gasteiger partial charge in [0.25, 0.3) is 0 Å². The molecular weight excluding hydrogens is 200 g/mol. The lowest BCUT2D eigenvalue weighted by Crippen LogP contribution is -2.28. The zero-order valence-corrected chi connectivity index (χ0v) is 10.5. The van der Waals surface area contributed by atoms with Crippen LogP contribution < -0.4 is 5.73 Å². The van der Waals surface area contributed by atoms with E-state index in [1.54, 1.807) is 0 Å². The number of aromatic nitrogens is 1. The van der Waals surface area contributed by atoms with Crippen molar-refractivity contribution in [3.8, 4) is 0 Å². The Labute approximate surface area is 98.1 Å². The van der Waals surface area contributed by atoms with E-state index >= 15 is 0 Å².